The second kappa shape index (κ2) is 3.87. The van der Waals surface area contributed by atoms with Crippen LogP contribution >= 0.6 is 0 Å². The van der Waals surface area contributed by atoms with Gasteiger partial charge in [-0.2, -0.15) is 0 Å². The van der Waals surface area contributed by atoms with Crippen molar-refractivity contribution in [1.82, 2.24) is 4.90 Å². The summed E-state index contributed by atoms with van der Waals surface area (Å²) in [6.07, 6.45) is 1.12. The Balaban J connectivity index is 2.48. The molecule has 1 amide bonds. The highest BCUT2D eigenvalue weighted by atomic mass is 16.1. The molecule has 2 atom stereocenters. The van der Waals surface area contributed by atoms with E-state index in [0.717, 1.165) is 13.0 Å². The Labute approximate surface area is 72.9 Å². The van der Waals surface area contributed by atoms with Crippen molar-refractivity contribution in [1.29, 1.82) is 0 Å². The molecule has 0 spiro atoms. The summed E-state index contributed by atoms with van der Waals surface area (Å²) in [5.41, 5.74) is 10.7. The first-order chi connectivity index (χ1) is 5.65. The van der Waals surface area contributed by atoms with E-state index < -0.39 is 0 Å². The number of rotatable bonds is 3. The monoisotopic (exact) mass is 171 g/mol. The standard InChI is InChI=1S/C8H17N3O/c1-6-2-3-11(5-8(10)12)7(6)4-9/h6-7H,2-5,9H2,1H3,(H2,10,12). The maximum Gasteiger partial charge on any atom is 0.231 e. The minimum atomic E-state index is -0.262. The molecule has 70 valence electrons. The molecule has 1 rings (SSSR count). The van der Waals surface area contributed by atoms with Crippen molar-refractivity contribution in [3.63, 3.8) is 0 Å². The second-order valence-electron chi connectivity index (χ2n) is 3.51. The highest BCUT2D eigenvalue weighted by Gasteiger charge is 2.30. The topological polar surface area (TPSA) is 72.3 Å². The summed E-state index contributed by atoms with van der Waals surface area (Å²) < 4.78 is 0. The lowest BCUT2D eigenvalue weighted by molar-refractivity contribution is -0.119. The average molecular weight is 171 g/mol. The Kier molecular flexibility index (Phi) is 3.05. The van der Waals surface area contributed by atoms with Crippen molar-refractivity contribution in [2.24, 2.45) is 17.4 Å². The first-order valence-corrected chi connectivity index (χ1v) is 4.37. The molecule has 4 N–H and O–H groups in total. The van der Waals surface area contributed by atoms with Crippen LogP contribution in [-0.2, 0) is 4.79 Å². The molecular formula is C8H17N3O. The van der Waals surface area contributed by atoms with E-state index in [0.29, 0.717) is 25.0 Å². The maximum absolute atomic E-state index is 10.7. The van der Waals surface area contributed by atoms with Gasteiger partial charge in [0.15, 0.2) is 0 Å². The lowest BCUT2D eigenvalue weighted by Crippen LogP contribution is -2.42. The zero-order valence-corrected chi connectivity index (χ0v) is 7.49. The van der Waals surface area contributed by atoms with Crippen molar-refractivity contribution in [3.8, 4) is 0 Å². The van der Waals surface area contributed by atoms with Gasteiger partial charge in [0.25, 0.3) is 0 Å². The average Bonchev–Trinajstić information content (AvgIpc) is 2.30. The number of nitrogens with zero attached hydrogens (tertiary/aromatic N) is 1. The molecule has 0 radical (unpaired) electrons. The zero-order chi connectivity index (χ0) is 9.14. The first-order valence-electron chi connectivity index (χ1n) is 4.37. The molecule has 0 aromatic carbocycles. The Morgan fingerprint density at radius 3 is 2.83 bits per heavy atom. The molecule has 2 unspecified atom stereocenters. The van der Waals surface area contributed by atoms with Crippen molar-refractivity contribution < 1.29 is 4.79 Å². The van der Waals surface area contributed by atoms with Crippen molar-refractivity contribution >= 4 is 5.91 Å². The predicted molar refractivity (Wildman–Crippen MR) is 47.4 cm³/mol. The van der Waals surface area contributed by atoms with Gasteiger partial charge in [-0.1, -0.05) is 6.92 Å². The van der Waals surface area contributed by atoms with Crippen molar-refractivity contribution in [2.45, 2.75) is 19.4 Å². The fraction of sp³-hybridized carbons (Fsp3) is 0.875. The van der Waals surface area contributed by atoms with Gasteiger partial charge >= 0.3 is 0 Å². The van der Waals surface area contributed by atoms with Gasteiger partial charge in [-0.05, 0) is 18.9 Å². The quantitative estimate of drug-likeness (QED) is 0.580. The lowest BCUT2D eigenvalue weighted by atomic mass is 10.0. The molecule has 0 aromatic rings. The van der Waals surface area contributed by atoms with E-state index in [1.165, 1.54) is 0 Å². The van der Waals surface area contributed by atoms with Crippen LogP contribution in [0.4, 0.5) is 0 Å². The minimum absolute atomic E-state index is 0.262. The fourth-order valence-corrected chi connectivity index (χ4v) is 1.87. The fourth-order valence-electron chi connectivity index (χ4n) is 1.87. The summed E-state index contributed by atoms with van der Waals surface area (Å²) in [7, 11) is 0. The Hall–Kier alpha value is -0.610. The van der Waals surface area contributed by atoms with E-state index in [2.05, 4.69) is 11.8 Å². The zero-order valence-electron chi connectivity index (χ0n) is 7.49. The van der Waals surface area contributed by atoms with Gasteiger partial charge in [0.05, 0.1) is 6.54 Å². The predicted octanol–water partition coefficient (Wildman–Crippen LogP) is -0.859. The molecule has 0 bridgehead atoms. The smallest absolute Gasteiger partial charge is 0.231 e. The number of amides is 1. The molecule has 1 aliphatic rings. The number of carbonyl (C=O) groups is 1. The third-order valence-electron chi connectivity index (χ3n) is 2.60. The summed E-state index contributed by atoms with van der Waals surface area (Å²) in [6, 6.07) is 0.345. The van der Waals surface area contributed by atoms with Crippen molar-refractivity contribution in [2.75, 3.05) is 19.6 Å². The maximum atomic E-state index is 10.7. The molecule has 1 fully saturated rings. The number of hydrogen-bond acceptors (Lipinski definition) is 3. The number of carbonyl (C=O) groups excluding carboxylic acids is 1. The van der Waals surface area contributed by atoms with E-state index in [1.54, 1.807) is 0 Å². The Morgan fingerprint density at radius 2 is 2.33 bits per heavy atom. The van der Waals surface area contributed by atoms with Gasteiger partial charge in [0.2, 0.25) is 5.91 Å². The summed E-state index contributed by atoms with van der Waals surface area (Å²) >= 11 is 0. The van der Waals surface area contributed by atoms with Crippen LogP contribution in [0.25, 0.3) is 0 Å². The van der Waals surface area contributed by atoms with Crippen LogP contribution in [0.15, 0.2) is 0 Å². The SMILES string of the molecule is CC1CCN(CC(N)=O)C1CN. The van der Waals surface area contributed by atoms with Crippen LogP contribution in [0, 0.1) is 5.92 Å². The van der Waals surface area contributed by atoms with Crippen LogP contribution < -0.4 is 11.5 Å². The van der Waals surface area contributed by atoms with Crippen LogP contribution in [0.1, 0.15) is 13.3 Å². The summed E-state index contributed by atoms with van der Waals surface area (Å²) in [5.74, 6) is 0.330. The van der Waals surface area contributed by atoms with Gasteiger partial charge in [-0.25, -0.2) is 0 Å². The van der Waals surface area contributed by atoms with E-state index in [-0.39, 0.29) is 5.91 Å². The van der Waals surface area contributed by atoms with Crippen LogP contribution in [0.2, 0.25) is 0 Å². The van der Waals surface area contributed by atoms with Crippen LogP contribution in [0.3, 0.4) is 0 Å². The summed E-state index contributed by atoms with van der Waals surface area (Å²) in [4.78, 5) is 12.7. The molecule has 1 aliphatic heterocycles. The van der Waals surface area contributed by atoms with Crippen molar-refractivity contribution in [3.05, 3.63) is 0 Å². The highest BCUT2D eigenvalue weighted by molar-refractivity contribution is 5.76. The Morgan fingerprint density at radius 1 is 1.67 bits per heavy atom. The van der Waals surface area contributed by atoms with Crippen LogP contribution in [-0.4, -0.2) is 36.5 Å². The van der Waals surface area contributed by atoms with Gasteiger partial charge in [-0.15, -0.1) is 0 Å². The summed E-state index contributed by atoms with van der Waals surface area (Å²) in [6.45, 7) is 4.09. The molecule has 1 heterocycles. The molecule has 1 saturated heterocycles. The molecule has 4 nitrogen and oxygen atoms in total. The second-order valence-corrected chi connectivity index (χ2v) is 3.51. The largest absolute Gasteiger partial charge is 0.369 e. The number of hydrogen-bond donors (Lipinski definition) is 2. The number of primary amides is 1. The number of nitrogens with two attached hydrogens (primary N) is 2. The molecule has 0 aliphatic carbocycles. The molecule has 0 saturated carbocycles. The third-order valence-corrected chi connectivity index (χ3v) is 2.60. The first kappa shape index (κ1) is 9.48. The van der Waals surface area contributed by atoms with Gasteiger partial charge in [0, 0.05) is 12.6 Å². The normalized spacial score (nSPS) is 30.8. The molecule has 0 aromatic heterocycles. The van der Waals surface area contributed by atoms with E-state index in [9.17, 15) is 4.79 Å². The van der Waals surface area contributed by atoms with Crippen LogP contribution in [0.5, 0.6) is 0 Å². The molecule has 12 heavy (non-hydrogen) atoms. The van der Waals surface area contributed by atoms with Gasteiger partial charge < -0.3 is 11.5 Å². The van der Waals surface area contributed by atoms with Gasteiger partial charge in [0.1, 0.15) is 0 Å². The molecular weight excluding hydrogens is 154 g/mol. The highest BCUT2D eigenvalue weighted by Crippen LogP contribution is 2.22. The van der Waals surface area contributed by atoms with E-state index in [1.807, 2.05) is 0 Å². The molecule has 4 heteroatoms. The lowest BCUT2D eigenvalue weighted by Gasteiger charge is -2.23. The van der Waals surface area contributed by atoms with E-state index >= 15 is 0 Å². The summed E-state index contributed by atoms with van der Waals surface area (Å²) in [5, 5.41) is 0. The number of likely N-dealkylation sites (tertiary alicyclic amines) is 1. The third kappa shape index (κ3) is 1.95. The Bertz CT molecular complexity index is 172. The van der Waals surface area contributed by atoms with Gasteiger partial charge in [-0.3, -0.25) is 9.69 Å². The van der Waals surface area contributed by atoms with E-state index in [4.69, 9.17) is 11.5 Å². The minimum Gasteiger partial charge on any atom is -0.369 e.